The van der Waals surface area contributed by atoms with E-state index in [1.807, 2.05) is 41.2 Å². The maximum absolute atomic E-state index is 9.09. The Morgan fingerprint density at radius 1 is 1.14 bits per heavy atom. The maximum atomic E-state index is 9.09. The van der Waals surface area contributed by atoms with Crippen LogP contribution in [0, 0.1) is 11.3 Å². The highest BCUT2D eigenvalue weighted by Gasteiger charge is 2.06. The van der Waals surface area contributed by atoms with E-state index in [9.17, 15) is 0 Å². The molecule has 0 atom stereocenters. The van der Waals surface area contributed by atoms with Gasteiger partial charge in [-0.25, -0.2) is 4.68 Å². The van der Waals surface area contributed by atoms with Crippen LogP contribution in [0.3, 0.4) is 0 Å². The smallest absolute Gasteiger partial charge is 0.101 e. The van der Waals surface area contributed by atoms with E-state index in [4.69, 9.17) is 5.26 Å². The molecule has 5 heteroatoms. The van der Waals surface area contributed by atoms with Crippen LogP contribution in [0.1, 0.15) is 11.1 Å². The molecular formula is C16H13N5. The topological polar surface area (TPSA) is 66.5 Å². The van der Waals surface area contributed by atoms with Crippen molar-refractivity contribution in [3.8, 4) is 11.8 Å². The summed E-state index contributed by atoms with van der Waals surface area (Å²) in [6, 6.07) is 13.7. The summed E-state index contributed by atoms with van der Waals surface area (Å²) in [5, 5.41) is 16.6. The molecule has 0 aliphatic rings. The number of pyridine rings is 1. The van der Waals surface area contributed by atoms with Gasteiger partial charge >= 0.3 is 0 Å². The van der Waals surface area contributed by atoms with E-state index >= 15 is 0 Å². The van der Waals surface area contributed by atoms with Crippen LogP contribution in [0.5, 0.6) is 0 Å². The lowest BCUT2D eigenvalue weighted by molar-refractivity contribution is 0.864. The van der Waals surface area contributed by atoms with Crippen molar-refractivity contribution in [1.29, 1.82) is 5.26 Å². The van der Waals surface area contributed by atoms with Crippen molar-refractivity contribution in [1.82, 2.24) is 14.8 Å². The zero-order valence-electron chi connectivity index (χ0n) is 11.3. The first-order valence-corrected chi connectivity index (χ1v) is 6.54. The molecule has 2 heterocycles. The van der Waals surface area contributed by atoms with Gasteiger partial charge in [0, 0.05) is 25.1 Å². The molecule has 3 aromatic rings. The Morgan fingerprint density at radius 3 is 2.86 bits per heavy atom. The van der Waals surface area contributed by atoms with Crippen molar-refractivity contribution in [2.45, 2.75) is 6.54 Å². The van der Waals surface area contributed by atoms with E-state index in [-0.39, 0.29) is 0 Å². The number of hydrogen-bond acceptors (Lipinski definition) is 4. The predicted molar refractivity (Wildman–Crippen MR) is 79.8 cm³/mol. The fourth-order valence-corrected chi connectivity index (χ4v) is 2.12. The second-order valence-corrected chi connectivity index (χ2v) is 4.47. The van der Waals surface area contributed by atoms with Crippen molar-refractivity contribution < 1.29 is 0 Å². The number of benzene rings is 1. The normalized spacial score (nSPS) is 10.0. The van der Waals surface area contributed by atoms with Crippen LogP contribution in [-0.4, -0.2) is 14.8 Å². The first-order valence-electron chi connectivity index (χ1n) is 6.54. The first-order chi connectivity index (χ1) is 10.4. The molecule has 3 rings (SSSR count). The average molecular weight is 275 g/mol. The van der Waals surface area contributed by atoms with Gasteiger partial charge in [-0.1, -0.05) is 18.2 Å². The third kappa shape index (κ3) is 2.74. The summed E-state index contributed by atoms with van der Waals surface area (Å²) in [4.78, 5) is 4.05. The summed E-state index contributed by atoms with van der Waals surface area (Å²) in [5.41, 5.74) is 3.42. The van der Waals surface area contributed by atoms with Gasteiger partial charge in [-0.3, -0.25) is 4.98 Å². The molecule has 0 aliphatic heterocycles. The molecule has 2 aromatic heterocycles. The number of hydrogen-bond donors (Lipinski definition) is 1. The standard InChI is InChI=1S/C16H13N5/c17-10-13-6-8-18-12-15(13)19-11-14-4-1-2-5-16(14)21-9-3-7-20-21/h1-9,12,19H,11H2. The number of rotatable bonds is 4. The van der Waals surface area contributed by atoms with Gasteiger partial charge in [0.05, 0.1) is 23.1 Å². The van der Waals surface area contributed by atoms with Crippen LogP contribution in [0.25, 0.3) is 5.69 Å². The Labute approximate surface area is 122 Å². The van der Waals surface area contributed by atoms with Crippen LogP contribution in [-0.2, 0) is 6.54 Å². The zero-order valence-corrected chi connectivity index (χ0v) is 11.3. The van der Waals surface area contributed by atoms with Crippen molar-refractivity contribution in [2.75, 3.05) is 5.32 Å². The van der Waals surface area contributed by atoms with Gasteiger partial charge in [-0.05, 0) is 23.8 Å². The van der Waals surface area contributed by atoms with Gasteiger partial charge < -0.3 is 5.32 Å². The van der Waals surface area contributed by atoms with Gasteiger partial charge in [0.15, 0.2) is 0 Å². The van der Waals surface area contributed by atoms with E-state index < -0.39 is 0 Å². The zero-order chi connectivity index (χ0) is 14.5. The van der Waals surface area contributed by atoms with Crippen molar-refractivity contribution >= 4 is 5.69 Å². The number of nitrogens with one attached hydrogen (secondary N) is 1. The molecule has 0 radical (unpaired) electrons. The summed E-state index contributed by atoms with van der Waals surface area (Å²) < 4.78 is 1.82. The molecule has 0 spiro atoms. The lowest BCUT2D eigenvalue weighted by atomic mass is 10.1. The molecule has 5 nitrogen and oxygen atoms in total. The fraction of sp³-hybridized carbons (Fsp3) is 0.0625. The van der Waals surface area contributed by atoms with Crippen LogP contribution in [0.2, 0.25) is 0 Å². The fourth-order valence-electron chi connectivity index (χ4n) is 2.12. The molecule has 21 heavy (non-hydrogen) atoms. The SMILES string of the molecule is N#Cc1ccncc1NCc1ccccc1-n1cccn1. The first kappa shape index (κ1) is 12.9. The molecule has 0 saturated carbocycles. The second-order valence-electron chi connectivity index (χ2n) is 4.47. The largest absolute Gasteiger partial charge is 0.379 e. The van der Waals surface area contributed by atoms with Crippen molar-refractivity contribution in [2.24, 2.45) is 0 Å². The van der Waals surface area contributed by atoms with Gasteiger partial charge in [-0.15, -0.1) is 0 Å². The van der Waals surface area contributed by atoms with Crippen LogP contribution in [0.15, 0.2) is 61.2 Å². The minimum Gasteiger partial charge on any atom is -0.379 e. The Balaban J connectivity index is 1.85. The average Bonchev–Trinajstić information content (AvgIpc) is 3.08. The Kier molecular flexibility index (Phi) is 3.61. The maximum Gasteiger partial charge on any atom is 0.101 e. The quantitative estimate of drug-likeness (QED) is 0.795. The Morgan fingerprint density at radius 2 is 2.05 bits per heavy atom. The number of para-hydroxylation sites is 1. The highest BCUT2D eigenvalue weighted by atomic mass is 15.3. The van der Waals surface area contributed by atoms with Crippen molar-refractivity contribution in [3.63, 3.8) is 0 Å². The Hall–Kier alpha value is -3.13. The lowest BCUT2D eigenvalue weighted by Crippen LogP contribution is -2.06. The second kappa shape index (κ2) is 5.88. The lowest BCUT2D eigenvalue weighted by Gasteiger charge is -2.12. The molecule has 0 unspecified atom stereocenters. The summed E-state index contributed by atoms with van der Waals surface area (Å²) in [6.07, 6.45) is 6.93. The van der Waals surface area contributed by atoms with Crippen LogP contribution < -0.4 is 5.32 Å². The summed E-state index contributed by atoms with van der Waals surface area (Å²) >= 11 is 0. The molecule has 102 valence electrons. The monoisotopic (exact) mass is 275 g/mol. The summed E-state index contributed by atoms with van der Waals surface area (Å²) in [5.74, 6) is 0. The van der Waals surface area contributed by atoms with E-state index in [0.717, 1.165) is 16.9 Å². The molecule has 0 bridgehead atoms. The van der Waals surface area contributed by atoms with Crippen LogP contribution in [0.4, 0.5) is 5.69 Å². The minimum absolute atomic E-state index is 0.585. The molecule has 0 saturated heterocycles. The number of aromatic nitrogens is 3. The van der Waals surface area contributed by atoms with Crippen molar-refractivity contribution in [3.05, 3.63) is 72.3 Å². The molecule has 1 N–H and O–H groups in total. The van der Waals surface area contributed by atoms with Gasteiger partial charge in [-0.2, -0.15) is 10.4 Å². The molecule has 0 fully saturated rings. The van der Waals surface area contributed by atoms with Gasteiger partial charge in [0.2, 0.25) is 0 Å². The highest BCUT2D eigenvalue weighted by molar-refractivity contribution is 5.56. The molecular weight excluding hydrogens is 262 g/mol. The third-order valence-electron chi connectivity index (χ3n) is 3.15. The van der Waals surface area contributed by atoms with E-state index in [0.29, 0.717) is 12.1 Å². The van der Waals surface area contributed by atoms with E-state index in [1.165, 1.54) is 0 Å². The third-order valence-corrected chi connectivity index (χ3v) is 3.15. The van der Waals surface area contributed by atoms with Gasteiger partial charge in [0.1, 0.15) is 6.07 Å². The van der Waals surface area contributed by atoms with E-state index in [1.54, 1.807) is 24.7 Å². The summed E-state index contributed by atoms with van der Waals surface area (Å²) in [6.45, 7) is 0.594. The number of nitrogens with zero attached hydrogens (tertiary/aromatic N) is 4. The number of anilines is 1. The number of nitriles is 1. The molecule has 1 aromatic carbocycles. The minimum atomic E-state index is 0.585. The van der Waals surface area contributed by atoms with Gasteiger partial charge in [0.25, 0.3) is 0 Å². The predicted octanol–water partition coefficient (Wildman–Crippen LogP) is 2.75. The summed E-state index contributed by atoms with van der Waals surface area (Å²) in [7, 11) is 0. The molecule has 0 aliphatic carbocycles. The molecule has 0 amide bonds. The highest BCUT2D eigenvalue weighted by Crippen LogP contribution is 2.17. The van der Waals surface area contributed by atoms with E-state index in [2.05, 4.69) is 21.5 Å². The Bertz CT molecular complexity index is 771. The van der Waals surface area contributed by atoms with Crippen LogP contribution >= 0.6 is 0 Å².